The second kappa shape index (κ2) is 7.14. The quantitative estimate of drug-likeness (QED) is 0.829. The monoisotopic (exact) mass is 370 g/mol. The van der Waals surface area contributed by atoms with Crippen molar-refractivity contribution in [3.63, 3.8) is 0 Å². The Morgan fingerprint density at radius 3 is 2.85 bits per heavy atom. The maximum absolute atomic E-state index is 12.4. The molecule has 0 unspecified atom stereocenters. The van der Waals surface area contributed by atoms with Crippen LogP contribution < -0.4 is 10.4 Å². The summed E-state index contributed by atoms with van der Waals surface area (Å²) in [5.41, 5.74) is 0.632. The number of halogens is 3. The summed E-state index contributed by atoms with van der Waals surface area (Å²) >= 11 is 0. The molecular weight excluding hydrogens is 349 g/mol. The highest BCUT2D eigenvalue weighted by Gasteiger charge is 2.31. The number of hydrogen-bond acceptors (Lipinski definition) is 4. The van der Waals surface area contributed by atoms with Crippen LogP contribution in [0.1, 0.15) is 24.2 Å². The SMILES string of the molecule is CN(Cc1cccc(OC(F)(F)F)c1)[C@H]1CCc2nn(C)c(=O)n2CC1. The van der Waals surface area contributed by atoms with E-state index >= 15 is 0 Å². The zero-order chi connectivity index (χ0) is 18.9. The molecule has 0 radical (unpaired) electrons. The van der Waals surface area contributed by atoms with Crippen LogP contribution in [0.4, 0.5) is 13.2 Å². The Morgan fingerprint density at radius 2 is 2.12 bits per heavy atom. The van der Waals surface area contributed by atoms with Crippen LogP contribution in [0.25, 0.3) is 0 Å². The van der Waals surface area contributed by atoms with Crippen molar-refractivity contribution in [3.8, 4) is 5.75 Å². The molecule has 0 saturated heterocycles. The third kappa shape index (κ3) is 4.27. The van der Waals surface area contributed by atoms with Gasteiger partial charge in [-0.15, -0.1) is 13.2 Å². The van der Waals surface area contributed by atoms with Gasteiger partial charge in [0.1, 0.15) is 11.6 Å². The third-order valence-corrected chi connectivity index (χ3v) is 4.66. The molecule has 2 heterocycles. The van der Waals surface area contributed by atoms with Gasteiger partial charge in [0, 0.05) is 32.6 Å². The molecule has 1 aliphatic rings. The molecule has 0 saturated carbocycles. The van der Waals surface area contributed by atoms with Crippen molar-refractivity contribution in [3.05, 3.63) is 46.1 Å². The summed E-state index contributed by atoms with van der Waals surface area (Å²) in [4.78, 5) is 14.1. The highest BCUT2D eigenvalue weighted by Crippen LogP contribution is 2.24. The van der Waals surface area contributed by atoms with Crippen molar-refractivity contribution in [2.45, 2.75) is 44.8 Å². The number of fused-ring (bicyclic) bond motifs is 1. The van der Waals surface area contributed by atoms with Gasteiger partial charge in [-0.1, -0.05) is 12.1 Å². The Balaban J connectivity index is 1.65. The summed E-state index contributed by atoms with van der Waals surface area (Å²) < 4.78 is 44.1. The van der Waals surface area contributed by atoms with E-state index in [0.29, 0.717) is 19.5 Å². The fraction of sp³-hybridized carbons (Fsp3) is 0.529. The molecule has 9 heteroatoms. The maximum atomic E-state index is 12.4. The number of hydrogen-bond donors (Lipinski definition) is 0. The van der Waals surface area contributed by atoms with Crippen LogP contribution >= 0.6 is 0 Å². The first-order valence-corrected chi connectivity index (χ1v) is 8.40. The number of nitrogens with zero attached hydrogens (tertiary/aromatic N) is 4. The molecule has 6 nitrogen and oxygen atoms in total. The molecule has 0 N–H and O–H groups in total. The third-order valence-electron chi connectivity index (χ3n) is 4.66. The molecular formula is C17H21F3N4O2. The van der Waals surface area contributed by atoms with E-state index in [2.05, 4.69) is 14.7 Å². The van der Waals surface area contributed by atoms with Crippen LogP contribution in [-0.4, -0.2) is 38.7 Å². The van der Waals surface area contributed by atoms with E-state index in [4.69, 9.17) is 0 Å². The first kappa shape index (κ1) is 18.5. The van der Waals surface area contributed by atoms with Gasteiger partial charge in [-0.2, -0.15) is 5.10 Å². The summed E-state index contributed by atoms with van der Waals surface area (Å²) in [5, 5.41) is 4.26. The number of alkyl halides is 3. The topological polar surface area (TPSA) is 52.3 Å². The van der Waals surface area contributed by atoms with Crippen molar-refractivity contribution >= 4 is 0 Å². The van der Waals surface area contributed by atoms with Gasteiger partial charge >= 0.3 is 12.1 Å². The number of rotatable bonds is 4. The van der Waals surface area contributed by atoms with Crippen molar-refractivity contribution < 1.29 is 17.9 Å². The second-order valence-electron chi connectivity index (χ2n) is 6.57. The van der Waals surface area contributed by atoms with Crippen molar-refractivity contribution in [1.29, 1.82) is 0 Å². The lowest BCUT2D eigenvalue weighted by Crippen LogP contribution is -2.32. The average Bonchev–Trinajstić information content (AvgIpc) is 2.71. The van der Waals surface area contributed by atoms with Crippen LogP contribution in [0.2, 0.25) is 0 Å². The van der Waals surface area contributed by atoms with Gasteiger partial charge in [-0.25, -0.2) is 9.48 Å². The number of aromatic nitrogens is 3. The van der Waals surface area contributed by atoms with Gasteiger partial charge in [0.25, 0.3) is 0 Å². The minimum atomic E-state index is -4.70. The summed E-state index contributed by atoms with van der Waals surface area (Å²) in [6, 6.07) is 6.24. The largest absolute Gasteiger partial charge is 0.573 e. The Bertz CT molecular complexity index is 828. The van der Waals surface area contributed by atoms with E-state index in [0.717, 1.165) is 24.2 Å². The van der Waals surface area contributed by atoms with Gasteiger partial charge in [0.05, 0.1) is 0 Å². The van der Waals surface area contributed by atoms with Crippen LogP contribution in [0.5, 0.6) is 5.75 Å². The molecule has 0 bridgehead atoms. The minimum absolute atomic E-state index is 0.111. The average molecular weight is 370 g/mol. The molecule has 0 aliphatic carbocycles. The summed E-state index contributed by atoms with van der Waals surface area (Å²) in [6.45, 7) is 1.09. The summed E-state index contributed by atoms with van der Waals surface area (Å²) in [7, 11) is 3.58. The molecule has 1 atom stereocenters. The van der Waals surface area contributed by atoms with E-state index in [-0.39, 0.29) is 17.5 Å². The van der Waals surface area contributed by atoms with E-state index in [1.807, 2.05) is 7.05 Å². The highest BCUT2D eigenvalue weighted by atomic mass is 19.4. The molecule has 1 aromatic heterocycles. The van der Waals surface area contributed by atoms with Gasteiger partial charge in [-0.3, -0.25) is 9.47 Å². The lowest BCUT2D eigenvalue weighted by molar-refractivity contribution is -0.274. The van der Waals surface area contributed by atoms with Crippen molar-refractivity contribution in [2.75, 3.05) is 7.05 Å². The molecule has 1 aromatic carbocycles. The standard InChI is InChI=1S/C17H21F3N4O2/c1-22(11-12-4-3-5-14(10-12)26-17(18,19)20)13-6-7-15-21-23(2)16(25)24(15)9-8-13/h3-5,10,13H,6-9,11H2,1-2H3/t13-/m0/s1. The fourth-order valence-corrected chi connectivity index (χ4v) is 3.38. The molecule has 0 fully saturated rings. The van der Waals surface area contributed by atoms with E-state index in [1.165, 1.54) is 16.8 Å². The number of aryl methyl sites for hydroxylation is 2. The maximum Gasteiger partial charge on any atom is 0.573 e. The highest BCUT2D eigenvalue weighted by molar-refractivity contribution is 5.28. The Hall–Kier alpha value is -2.29. The van der Waals surface area contributed by atoms with Crippen LogP contribution in [0.3, 0.4) is 0 Å². The van der Waals surface area contributed by atoms with E-state index in [1.54, 1.807) is 23.7 Å². The smallest absolute Gasteiger partial charge is 0.406 e. The number of ether oxygens (including phenoxy) is 1. The zero-order valence-electron chi connectivity index (χ0n) is 14.7. The lowest BCUT2D eigenvalue weighted by Gasteiger charge is -2.27. The van der Waals surface area contributed by atoms with Gasteiger partial charge in [0.2, 0.25) is 0 Å². The lowest BCUT2D eigenvalue weighted by atomic mass is 10.1. The van der Waals surface area contributed by atoms with Crippen LogP contribution in [-0.2, 0) is 26.6 Å². The predicted octanol–water partition coefficient (Wildman–Crippen LogP) is 2.32. The Labute approximate surface area is 148 Å². The first-order valence-electron chi connectivity index (χ1n) is 8.40. The molecule has 3 rings (SSSR count). The molecule has 0 amide bonds. The second-order valence-corrected chi connectivity index (χ2v) is 6.57. The van der Waals surface area contributed by atoms with E-state index in [9.17, 15) is 18.0 Å². The fourth-order valence-electron chi connectivity index (χ4n) is 3.38. The first-order chi connectivity index (χ1) is 12.2. The molecule has 2 aromatic rings. The van der Waals surface area contributed by atoms with Crippen molar-refractivity contribution in [2.24, 2.45) is 7.05 Å². The summed E-state index contributed by atoms with van der Waals surface area (Å²) in [6.07, 6.45) is -2.37. The predicted molar refractivity (Wildman–Crippen MR) is 88.8 cm³/mol. The van der Waals surface area contributed by atoms with E-state index < -0.39 is 6.36 Å². The normalized spacial score (nSPS) is 17.8. The molecule has 26 heavy (non-hydrogen) atoms. The molecule has 0 spiro atoms. The minimum Gasteiger partial charge on any atom is -0.406 e. The van der Waals surface area contributed by atoms with Gasteiger partial charge < -0.3 is 4.74 Å². The van der Waals surface area contributed by atoms with Crippen LogP contribution in [0, 0.1) is 0 Å². The van der Waals surface area contributed by atoms with Gasteiger partial charge in [-0.05, 0) is 37.6 Å². The Morgan fingerprint density at radius 1 is 1.35 bits per heavy atom. The van der Waals surface area contributed by atoms with Crippen molar-refractivity contribution in [1.82, 2.24) is 19.2 Å². The summed E-state index contributed by atoms with van der Waals surface area (Å²) in [5.74, 6) is 0.571. The van der Waals surface area contributed by atoms with Crippen LogP contribution in [0.15, 0.2) is 29.1 Å². The Kier molecular flexibility index (Phi) is 5.08. The molecule has 142 valence electrons. The van der Waals surface area contributed by atoms with Gasteiger partial charge in [0.15, 0.2) is 0 Å². The zero-order valence-corrected chi connectivity index (χ0v) is 14.7. The molecule has 1 aliphatic heterocycles. The number of benzene rings is 1.